The van der Waals surface area contributed by atoms with Crippen LogP contribution in [-0.4, -0.2) is 46.7 Å². The average Bonchev–Trinajstić information content (AvgIpc) is 3.61. The molecule has 8 atom stereocenters. The molecule has 2 unspecified atom stereocenters. The van der Waals surface area contributed by atoms with Crippen molar-refractivity contribution in [2.24, 2.45) is 34.0 Å². The maximum Gasteiger partial charge on any atom is 0.343 e. The highest BCUT2D eigenvalue weighted by atomic mass is 16.6. The second-order valence-corrected chi connectivity index (χ2v) is 14.1. The molecule has 4 aliphatic carbocycles. The minimum absolute atomic E-state index is 0.0489. The molecular formula is C34H40O7. The standard InChI is InChI=1S/C34H40O7/c1-20-16-25-24-13-12-22-17-23(40-28(36)21-10-8-7-9-11-21)14-15-31(22,5)34(24)27(41-34)18-32(25,6)33(20,38)26(35)19-39-29(37)30(2,3)4/h7-12,14-15,17,20,24-25,27,38H,13,16,18-19H2,1-6H3/t20-,24?,25?,27-,31+,32+,33+,34-/m1/s1. The largest absolute Gasteiger partial charge is 0.457 e. The van der Waals surface area contributed by atoms with Gasteiger partial charge in [0.15, 0.2) is 6.61 Å². The second-order valence-electron chi connectivity index (χ2n) is 14.1. The normalized spacial score (nSPS) is 40.2. The lowest BCUT2D eigenvalue weighted by molar-refractivity contribution is -0.173. The molecule has 6 rings (SSSR count). The first-order valence-electron chi connectivity index (χ1n) is 14.7. The van der Waals surface area contributed by atoms with Crippen LogP contribution in [0, 0.1) is 34.0 Å². The summed E-state index contributed by atoms with van der Waals surface area (Å²) >= 11 is 0. The Morgan fingerprint density at radius 2 is 1.80 bits per heavy atom. The van der Waals surface area contributed by atoms with Gasteiger partial charge in [-0.05, 0) is 94.6 Å². The summed E-state index contributed by atoms with van der Waals surface area (Å²) in [5.74, 6) is -0.918. The number of benzene rings is 1. The Labute approximate surface area is 241 Å². The molecule has 1 aromatic carbocycles. The van der Waals surface area contributed by atoms with Crippen LogP contribution < -0.4 is 0 Å². The molecule has 1 N–H and O–H groups in total. The Kier molecular flexibility index (Phi) is 6.16. The number of hydrogen-bond donors (Lipinski definition) is 1. The van der Waals surface area contributed by atoms with Gasteiger partial charge in [0.05, 0.1) is 17.1 Å². The molecule has 1 heterocycles. The molecule has 1 spiro atoms. The van der Waals surface area contributed by atoms with Crippen molar-refractivity contribution in [3.63, 3.8) is 0 Å². The maximum absolute atomic E-state index is 13.6. The Bertz CT molecular complexity index is 1400. The number of ketones is 1. The number of fused-ring (bicyclic) bond motifs is 3. The van der Waals surface area contributed by atoms with Crippen molar-refractivity contribution in [1.29, 1.82) is 0 Å². The van der Waals surface area contributed by atoms with Crippen molar-refractivity contribution >= 4 is 17.7 Å². The summed E-state index contributed by atoms with van der Waals surface area (Å²) in [6.07, 6.45) is 9.95. The number of carbonyl (C=O) groups is 3. The van der Waals surface area contributed by atoms with Gasteiger partial charge < -0.3 is 19.3 Å². The molecule has 218 valence electrons. The molecule has 0 aromatic heterocycles. The van der Waals surface area contributed by atoms with Gasteiger partial charge in [-0.25, -0.2) is 4.79 Å². The van der Waals surface area contributed by atoms with E-state index in [1.165, 1.54) is 0 Å². The van der Waals surface area contributed by atoms with Crippen LogP contribution in [0.1, 0.15) is 71.2 Å². The third-order valence-corrected chi connectivity index (χ3v) is 10.9. The van der Waals surface area contributed by atoms with Gasteiger partial charge in [0.1, 0.15) is 17.0 Å². The zero-order valence-electron chi connectivity index (χ0n) is 24.7. The van der Waals surface area contributed by atoms with Gasteiger partial charge >= 0.3 is 11.9 Å². The first kappa shape index (κ1) is 28.1. The molecule has 7 heteroatoms. The van der Waals surface area contributed by atoms with Gasteiger partial charge in [-0.1, -0.05) is 44.2 Å². The summed E-state index contributed by atoms with van der Waals surface area (Å²) in [5, 5.41) is 12.1. The first-order chi connectivity index (χ1) is 19.2. The fourth-order valence-electron chi connectivity index (χ4n) is 8.59. The molecule has 3 fully saturated rings. The van der Waals surface area contributed by atoms with Crippen molar-refractivity contribution in [3.8, 4) is 0 Å². The van der Waals surface area contributed by atoms with E-state index in [2.05, 4.69) is 19.1 Å². The smallest absolute Gasteiger partial charge is 0.343 e. The monoisotopic (exact) mass is 560 g/mol. The number of allylic oxidation sites excluding steroid dienone is 3. The van der Waals surface area contributed by atoms with E-state index < -0.39 is 51.8 Å². The first-order valence-corrected chi connectivity index (χ1v) is 14.7. The van der Waals surface area contributed by atoms with E-state index in [0.717, 1.165) is 12.0 Å². The fraction of sp³-hybridized carbons (Fsp3) is 0.559. The molecule has 7 nitrogen and oxygen atoms in total. The number of ether oxygens (including phenoxy) is 3. The quantitative estimate of drug-likeness (QED) is 0.383. The van der Waals surface area contributed by atoms with Crippen LogP contribution in [0.25, 0.3) is 0 Å². The van der Waals surface area contributed by atoms with Crippen LogP contribution >= 0.6 is 0 Å². The lowest BCUT2D eigenvalue weighted by atomic mass is 9.48. The van der Waals surface area contributed by atoms with Crippen LogP contribution in [-0.2, 0) is 23.8 Å². The highest BCUT2D eigenvalue weighted by molar-refractivity contribution is 5.92. The van der Waals surface area contributed by atoms with E-state index in [0.29, 0.717) is 24.2 Å². The number of esters is 2. The molecule has 5 aliphatic rings. The third kappa shape index (κ3) is 3.81. The number of aliphatic hydroxyl groups is 1. The van der Waals surface area contributed by atoms with E-state index in [4.69, 9.17) is 14.2 Å². The van der Waals surface area contributed by atoms with Gasteiger partial charge in [-0.15, -0.1) is 0 Å². The molecule has 41 heavy (non-hydrogen) atoms. The van der Waals surface area contributed by atoms with E-state index in [1.54, 1.807) is 45.0 Å². The Balaban J connectivity index is 1.26. The van der Waals surface area contributed by atoms with E-state index in [1.807, 2.05) is 32.1 Å². The van der Waals surface area contributed by atoms with Gasteiger partial charge in [0, 0.05) is 10.8 Å². The average molecular weight is 561 g/mol. The van der Waals surface area contributed by atoms with Gasteiger partial charge in [-0.3, -0.25) is 9.59 Å². The number of carbonyl (C=O) groups excluding carboxylic acids is 3. The van der Waals surface area contributed by atoms with Crippen molar-refractivity contribution in [3.05, 3.63) is 71.5 Å². The van der Waals surface area contributed by atoms with Crippen molar-refractivity contribution in [1.82, 2.24) is 0 Å². The Morgan fingerprint density at radius 3 is 2.49 bits per heavy atom. The predicted molar refractivity (Wildman–Crippen MR) is 151 cm³/mol. The molecular weight excluding hydrogens is 520 g/mol. The molecule has 0 amide bonds. The van der Waals surface area contributed by atoms with Crippen LogP contribution in [0.15, 0.2) is 66.0 Å². The summed E-state index contributed by atoms with van der Waals surface area (Å²) in [6, 6.07) is 8.93. The van der Waals surface area contributed by atoms with Gasteiger partial charge in [0.25, 0.3) is 0 Å². The third-order valence-electron chi connectivity index (χ3n) is 10.9. The predicted octanol–water partition coefficient (Wildman–Crippen LogP) is 5.34. The summed E-state index contributed by atoms with van der Waals surface area (Å²) in [7, 11) is 0. The molecule has 2 saturated carbocycles. The van der Waals surface area contributed by atoms with E-state index in [9.17, 15) is 19.5 Å². The molecule has 0 radical (unpaired) electrons. The zero-order chi connectivity index (χ0) is 29.6. The lowest BCUT2D eigenvalue weighted by Gasteiger charge is -2.54. The molecule has 1 saturated heterocycles. The fourth-order valence-corrected chi connectivity index (χ4v) is 8.59. The Morgan fingerprint density at radius 1 is 1.10 bits per heavy atom. The summed E-state index contributed by atoms with van der Waals surface area (Å²) in [4.78, 5) is 38.7. The summed E-state index contributed by atoms with van der Waals surface area (Å²) in [5.41, 5.74) is -2.37. The van der Waals surface area contributed by atoms with Crippen LogP contribution in [0.3, 0.4) is 0 Å². The number of epoxide rings is 1. The van der Waals surface area contributed by atoms with Crippen LogP contribution in [0.2, 0.25) is 0 Å². The SMILES string of the molecule is C[C@@H]1CC2C3CC=C4C=C(OC(=O)c5ccccc5)C=C[C@]4(C)[C@@]34O[C@@H]4C[C@]2(C)[C@@]1(O)C(=O)COC(=O)C(C)(C)C. The number of rotatable bonds is 5. The van der Waals surface area contributed by atoms with Gasteiger partial charge in [-0.2, -0.15) is 0 Å². The Hall–Kier alpha value is -3.03. The minimum atomic E-state index is -1.61. The second kappa shape index (κ2) is 8.98. The molecule has 1 aliphatic heterocycles. The highest BCUT2D eigenvalue weighted by Gasteiger charge is 2.81. The lowest BCUT2D eigenvalue weighted by Crippen LogP contribution is -2.62. The highest BCUT2D eigenvalue weighted by Crippen LogP contribution is 2.75. The maximum atomic E-state index is 13.6. The van der Waals surface area contributed by atoms with Crippen LogP contribution in [0.5, 0.6) is 0 Å². The summed E-state index contributed by atoms with van der Waals surface area (Å²) in [6.45, 7) is 10.9. The molecule has 0 bridgehead atoms. The van der Waals surface area contributed by atoms with Gasteiger partial charge in [0.2, 0.25) is 5.78 Å². The molecule has 1 aromatic rings. The van der Waals surface area contributed by atoms with Crippen molar-refractivity contribution in [2.45, 2.75) is 78.1 Å². The number of Topliss-reactive ketones (excluding diaryl/α,β-unsaturated/α-hetero) is 1. The van der Waals surface area contributed by atoms with Crippen LogP contribution in [0.4, 0.5) is 0 Å². The zero-order valence-corrected chi connectivity index (χ0v) is 24.7. The minimum Gasteiger partial charge on any atom is -0.457 e. The van der Waals surface area contributed by atoms with Crippen molar-refractivity contribution < 1.29 is 33.7 Å². The number of hydrogen-bond acceptors (Lipinski definition) is 7. The topological polar surface area (TPSA) is 102 Å². The van der Waals surface area contributed by atoms with Crippen molar-refractivity contribution in [2.75, 3.05) is 6.61 Å². The van der Waals surface area contributed by atoms with E-state index >= 15 is 0 Å². The summed E-state index contributed by atoms with van der Waals surface area (Å²) < 4.78 is 17.7. The van der Waals surface area contributed by atoms with E-state index in [-0.39, 0.29) is 23.9 Å².